The minimum absolute atomic E-state index is 0.0742. The Kier molecular flexibility index (Phi) is 4.03. The molecule has 0 bridgehead atoms. The lowest BCUT2D eigenvalue weighted by atomic mass is 10.2. The Balaban J connectivity index is 2.28. The maximum Gasteiger partial charge on any atom is 0.182 e. The summed E-state index contributed by atoms with van der Waals surface area (Å²) in [5.74, 6) is -0.0742. The highest BCUT2D eigenvalue weighted by atomic mass is 79.9. The third-order valence-corrected chi connectivity index (χ3v) is 4.77. The number of hydrogen-bond donors (Lipinski definition) is 0. The lowest BCUT2D eigenvalue weighted by Gasteiger charge is -2.05. The van der Waals surface area contributed by atoms with Crippen LogP contribution in [-0.2, 0) is 15.6 Å². The second-order valence-electron chi connectivity index (χ2n) is 4.03. The summed E-state index contributed by atoms with van der Waals surface area (Å²) in [7, 11) is -3.37. The normalized spacial score (nSPS) is 10.9. The summed E-state index contributed by atoms with van der Waals surface area (Å²) in [5.41, 5.74) is 1.18. The minimum Gasteiger partial charge on any atom is -0.223 e. The molecule has 0 saturated heterocycles. The predicted octanol–water partition coefficient (Wildman–Crippen LogP) is 3.29. The van der Waals surface area contributed by atoms with Gasteiger partial charge in [-0.25, -0.2) is 8.42 Å². The molecule has 0 aliphatic carbocycles. The molecule has 0 unspecified atom stereocenters. The van der Waals surface area contributed by atoms with E-state index in [1.807, 2.05) is 6.07 Å². The van der Waals surface area contributed by atoms with Gasteiger partial charge in [-0.05, 0) is 35.9 Å². The van der Waals surface area contributed by atoms with Gasteiger partial charge in [0, 0.05) is 4.47 Å². The topological polar surface area (TPSA) is 57.9 Å². The van der Waals surface area contributed by atoms with Crippen molar-refractivity contribution in [1.29, 1.82) is 5.26 Å². The van der Waals surface area contributed by atoms with E-state index in [0.717, 1.165) is 4.47 Å². The van der Waals surface area contributed by atoms with Crippen molar-refractivity contribution in [2.75, 3.05) is 0 Å². The van der Waals surface area contributed by atoms with Crippen LogP contribution in [0.5, 0.6) is 0 Å². The molecular formula is C14H10BrNO2S. The van der Waals surface area contributed by atoms with Crippen LogP contribution in [0.15, 0.2) is 57.9 Å². The van der Waals surface area contributed by atoms with E-state index in [-0.39, 0.29) is 10.6 Å². The van der Waals surface area contributed by atoms with Crippen LogP contribution >= 0.6 is 15.9 Å². The van der Waals surface area contributed by atoms with Gasteiger partial charge < -0.3 is 0 Å². The molecule has 0 fully saturated rings. The van der Waals surface area contributed by atoms with Crippen LogP contribution < -0.4 is 0 Å². The van der Waals surface area contributed by atoms with Crippen LogP contribution in [0.3, 0.4) is 0 Å². The van der Waals surface area contributed by atoms with Gasteiger partial charge in [-0.3, -0.25) is 0 Å². The SMILES string of the molecule is N#Cc1ccc(CS(=O)(=O)c2cccc(Br)c2)cc1. The van der Waals surface area contributed by atoms with E-state index in [2.05, 4.69) is 15.9 Å². The van der Waals surface area contributed by atoms with Crippen molar-refractivity contribution < 1.29 is 8.42 Å². The molecule has 0 aliphatic heterocycles. The van der Waals surface area contributed by atoms with Gasteiger partial charge in [-0.2, -0.15) is 5.26 Å². The standard InChI is InChI=1S/C14H10BrNO2S/c15-13-2-1-3-14(8-13)19(17,18)10-12-6-4-11(9-16)5-7-12/h1-8H,10H2. The molecule has 0 spiro atoms. The van der Waals surface area contributed by atoms with Crippen molar-refractivity contribution >= 4 is 25.8 Å². The Labute approximate surface area is 120 Å². The van der Waals surface area contributed by atoms with Gasteiger partial charge in [-0.15, -0.1) is 0 Å². The van der Waals surface area contributed by atoms with Crippen LogP contribution in [0.2, 0.25) is 0 Å². The van der Waals surface area contributed by atoms with E-state index in [0.29, 0.717) is 11.1 Å². The quantitative estimate of drug-likeness (QED) is 0.864. The fourth-order valence-corrected chi connectivity index (χ4v) is 3.58. The number of halogens is 1. The number of benzene rings is 2. The molecule has 19 heavy (non-hydrogen) atoms. The fraction of sp³-hybridized carbons (Fsp3) is 0.0714. The fourth-order valence-electron chi connectivity index (χ4n) is 1.64. The van der Waals surface area contributed by atoms with E-state index in [4.69, 9.17) is 5.26 Å². The Morgan fingerprint density at radius 1 is 1.11 bits per heavy atom. The molecule has 0 N–H and O–H groups in total. The second-order valence-corrected chi connectivity index (χ2v) is 6.93. The first kappa shape index (κ1) is 13.8. The maximum atomic E-state index is 12.2. The molecule has 0 aliphatic rings. The van der Waals surface area contributed by atoms with Crippen molar-refractivity contribution in [3.05, 3.63) is 64.1 Å². The van der Waals surface area contributed by atoms with Gasteiger partial charge in [0.2, 0.25) is 0 Å². The summed E-state index contributed by atoms with van der Waals surface area (Å²) in [6, 6.07) is 15.2. The molecule has 2 aromatic carbocycles. The third kappa shape index (κ3) is 3.43. The molecule has 2 aromatic rings. The molecule has 0 aromatic heterocycles. The van der Waals surface area contributed by atoms with Gasteiger partial charge in [0.1, 0.15) is 0 Å². The molecule has 0 atom stereocenters. The maximum absolute atomic E-state index is 12.2. The van der Waals surface area contributed by atoms with Crippen LogP contribution in [-0.4, -0.2) is 8.42 Å². The van der Waals surface area contributed by atoms with Gasteiger partial charge in [0.25, 0.3) is 0 Å². The van der Waals surface area contributed by atoms with Gasteiger partial charge >= 0.3 is 0 Å². The van der Waals surface area contributed by atoms with E-state index in [9.17, 15) is 8.42 Å². The van der Waals surface area contributed by atoms with Crippen molar-refractivity contribution in [2.45, 2.75) is 10.6 Å². The van der Waals surface area contributed by atoms with E-state index >= 15 is 0 Å². The summed E-state index contributed by atoms with van der Waals surface area (Å²) in [6.07, 6.45) is 0. The average Bonchev–Trinajstić information content (AvgIpc) is 2.39. The Morgan fingerprint density at radius 3 is 2.37 bits per heavy atom. The highest BCUT2D eigenvalue weighted by Crippen LogP contribution is 2.20. The zero-order chi connectivity index (χ0) is 13.9. The van der Waals surface area contributed by atoms with Crippen molar-refractivity contribution in [3.8, 4) is 6.07 Å². The Morgan fingerprint density at radius 2 is 1.79 bits per heavy atom. The number of hydrogen-bond acceptors (Lipinski definition) is 3. The number of nitriles is 1. The number of nitrogens with zero attached hydrogens (tertiary/aromatic N) is 1. The average molecular weight is 336 g/mol. The van der Waals surface area contributed by atoms with Gasteiger partial charge in [0.15, 0.2) is 9.84 Å². The van der Waals surface area contributed by atoms with Crippen LogP contribution in [0.4, 0.5) is 0 Å². The smallest absolute Gasteiger partial charge is 0.182 e. The minimum atomic E-state index is -3.37. The summed E-state index contributed by atoms with van der Waals surface area (Å²) in [6.45, 7) is 0. The monoisotopic (exact) mass is 335 g/mol. The van der Waals surface area contributed by atoms with Crippen LogP contribution in [0.25, 0.3) is 0 Å². The molecule has 0 radical (unpaired) electrons. The molecular weight excluding hydrogens is 326 g/mol. The number of sulfone groups is 1. The molecule has 5 heteroatoms. The van der Waals surface area contributed by atoms with E-state index < -0.39 is 9.84 Å². The highest BCUT2D eigenvalue weighted by Gasteiger charge is 2.15. The van der Waals surface area contributed by atoms with Gasteiger partial charge in [-0.1, -0.05) is 34.1 Å². The molecule has 2 rings (SSSR count). The predicted molar refractivity (Wildman–Crippen MR) is 76.2 cm³/mol. The lowest BCUT2D eigenvalue weighted by molar-refractivity contribution is 0.595. The molecule has 3 nitrogen and oxygen atoms in total. The first-order valence-electron chi connectivity index (χ1n) is 5.49. The zero-order valence-electron chi connectivity index (χ0n) is 9.88. The van der Waals surface area contributed by atoms with E-state index in [1.54, 1.807) is 48.5 Å². The number of rotatable bonds is 3. The van der Waals surface area contributed by atoms with Crippen molar-refractivity contribution in [1.82, 2.24) is 0 Å². The highest BCUT2D eigenvalue weighted by molar-refractivity contribution is 9.10. The first-order valence-corrected chi connectivity index (χ1v) is 7.93. The molecule has 0 amide bonds. The Hall–Kier alpha value is -1.64. The lowest BCUT2D eigenvalue weighted by Crippen LogP contribution is -2.04. The Bertz CT molecular complexity index is 731. The summed E-state index contributed by atoms with van der Waals surface area (Å²) in [4.78, 5) is 0.284. The largest absolute Gasteiger partial charge is 0.223 e. The molecule has 0 heterocycles. The summed E-state index contributed by atoms with van der Waals surface area (Å²) >= 11 is 3.26. The van der Waals surface area contributed by atoms with Crippen LogP contribution in [0, 0.1) is 11.3 Å². The van der Waals surface area contributed by atoms with Crippen LogP contribution in [0.1, 0.15) is 11.1 Å². The molecule has 96 valence electrons. The first-order chi connectivity index (χ1) is 9.01. The van der Waals surface area contributed by atoms with Crippen molar-refractivity contribution in [3.63, 3.8) is 0 Å². The van der Waals surface area contributed by atoms with Crippen molar-refractivity contribution in [2.24, 2.45) is 0 Å². The third-order valence-electron chi connectivity index (χ3n) is 2.59. The summed E-state index contributed by atoms with van der Waals surface area (Å²) in [5, 5.41) is 8.70. The zero-order valence-corrected chi connectivity index (χ0v) is 12.3. The van der Waals surface area contributed by atoms with E-state index in [1.165, 1.54) is 0 Å². The second kappa shape index (κ2) is 5.55. The summed E-state index contributed by atoms with van der Waals surface area (Å²) < 4.78 is 25.2. The van der Waals surface area contributed by atoms with Gasteiger partial charge in [0.05, 0.1) is 22.3 Å². The molecule has 0 saturated carbocycles.